The molecule has 16 rings (SSSR count). The van der Waals surface area contributed by atoms with E-state index in [9.17, 15) is 0 Å². The molecular weight excluding hydrogens is 959 g/mol. The largest absolute Gasteiger partial charge is 0.456 e. The van der Waals surface area contributed by atoms with Gasteiger partial charge in [0.15, 0.2) is 0 Å². The van der Waals surface area contributed by atoms with Gasteiger partial charge in [0.05, 0.1) is 0 Å². The molecule has 2 heterocycles. The quantitative estimate of drug-likeness (QED) is 0.176. The fourth-order valence-electron chi connectivity index (χ4n) is 15.1. The maximum atomic E-state index is 7.04. The van der Waals surface area contributed by atoms with Gasteiger partial charge in [-0.05, 0) is 204 Å². The van der Waals surface area contributed by atoms with E-state index in [1.165, 1.54) is 116 Å². The first-order valence-electron chi connectivity index (χ1n) is 28.6. The van der Waals surface area contributed by atoms with Crippen LogP contribution in [-0.4, -0.2) is 0 Å². The Morgan fingerprint density at radius 2 is 0.937 bits per heavy atom. The number of rotatable bonds is 4. The van der Waals surface area contributed by atoms with Crippen LogP contribution in [0.5, 0.6) is 0 Å². The third-order valence-corrected chi connectivity index (χ3v) is 19.4. The van der Waals surface area contributed by atoms with Gasteiger partial charge in [-0.1, -0.05) is 165 Å². The molecule has 3 heteroatoms. The highest BCUT2D eigenvalue weighted by molar-refractivity contribution is 6.19. The van der Waals surface area contributed by atoms with Crippen molar-refractivity contribution in [2.24, 2.45) is 0 Å². The monoisotopic (exact) mass is 1020 g/mol. The highest BCUT2D eigenvalue weighted by Gasteiger charge is 2.44. The van der Waals surface area contributed by atoms with Crippen LogP contribution in [0.4, 0.5) is 17.1 Å². The summed E-state index contributed by atoms with van der Waals surface area (Å²) < 4.78 is 13.5. The number of benzene rings is 10. The molecule has 4 aliphatic carbocycles. The Morgan fingerprint density at radius 3 is 1.68 bits per heavy atom. The molecule has 0 radical (unpaired) electrons. The second kappa shape index (κ2) is 15.9. The van der Waals surface area contributed by atoms with E-state index in [-0.39, 0.29) is 21.7 Å². The number of para-hydroxylation sites is 2. The van der Waals surface area contributed by atoms with Gasteiger partial charge in [0.25, 0.3) is 0 Å². The molecule has 0 aliphatic heterocycles. The summed E-state index contributed by atoms with van der Waals surface area (Å²) in [5, 5.41) is 4.77. The van der Waals surface area contributed by atoms with E-state index in [4.69, 9.17) is 8.83 Å². The van der Waals surface area contributed by atoms with Crippen LogP contribution in [0.3, 0.4) is 0 Å². The fourth-order valence-corrected chi connectivity index (χ4v) is 15.1. The van der Waals surface area contributed by atoms with E-state index in [1.54, 1.807) is 0 Å². The van der Waals surface area contributed by atoms with Crippen molar-refractivity contribution in [1.82, 2.24) is 0 Å². The predicted molar refractivity (Wildman–Crippen MR) is 330 cm³/mol. The SMILES string of the molecule is CC(C)(C)c1ccc(N(c2ccc3c(c2)C(C)(C)c2cc4c(cc2-3)C(C)(C)c2ccc3oc5ccccc5c3c2-4)c2ccc3c(c2)C(C)(C)c2cc(-c4ccc5c(c4)-c4ccccc4CCC5)c4oc5ccccc5c4c2-3)cc1. The van der Waals surface area contributed by atoms with Gasteiger partial charge in [0, 0.05) is 60.4 Å². The van der Waals surface area contributed by atoms with Crippen molar-refractivity contribution in [3.05, 3.63) is 232 Å². The third-order valence-electron chi connectivity index (χ3n) is 19.4. The van der Waals surface area contributed by atoms with E-state index in [0.717, 1.165) is 69.6 Å². The Hall–Kier alpha value is -8.40. The van der Waals surface area contributed by atoms with Gasteiger partial charge in [-0.15, -0.1) is 0 Å². The number of hydrogen-bond acceptors (Lipinski definition) is 3. The van der Waals surface area contributed by atoms with Crippen LogP contribution in [0.1, 0.15) is 119 Å². The van der Waals surface area contributed by atoms with Crippen LogP contribution in [0, 0.1) is 0 Å². The molecule has 0 fully saturated rings. The summed E-state index contributed by atoms with van der Waals surface area (Å²) in [7, 11) is 0. The Balaban J connectivity index is 0.853. The molecule has 0 saturated heterocycles. The maximum Gasteiger partial charge on any atom is 0.143 e. The van der Waals surface area contributed by atoms with Crippen molar-refractivity contribution in [3.8, 4) is 55.6 Å². The summed E-state index contributed by atoms with van der Waals surface area (Å²) in [4.78, 5) is 2.51. The summed E-state index contributed by atoms with van der Waals surface area (Å²) in [6.07, 6.45) is 3.34. The lowest BCUT2D eigenvalue weighted by atomic mass is 9.79. The van der Waals surface area contributed by atoms with E-state index in [1.807, 2.05) is 0 Å². The Morgan fingerprint density at radius 1 is 0.380 bits per heavy atom. The highest BCUT2D eigenvalue weighted by atomic mass is 16.3. The van der Waals surface area contributed by atoms with E-state index >= 15 is 0 Å². The Labute approximate surface area is 463 Å². The molecule has 0 N–H and O–H groups in total. The van der Waals surface area contributed by atoms with Crippen molar-refractivity contribution < 1.29 is 8.83 Å². The van der Waals surface area contributed by atoms with Crippen molar-refractivity contribution in [2.75, 3.05) is 4.90 Å². The summed E-state index contributed by atoms with van der Waals surface area (Å²) >= 11 is 0. The zero-order valence-corrected chi connectivity index (χ0v) is 46.7. The number of hydrogen-bond donors (Lipinski definition) is 0. The molecule has 2 aromatic heterocycles. The standard InChI is InChI=1S/C76H63NO2/c1-73(2,3)46-27-29-47(30-28-46)77(48-31-33-51-57-41-63-58(42-62(57)75(6,7)60(51)38-48)69-59(74(63,4)5)35-36-67-70(69)53-21-12-14-23-65(53)78-67)49-32-34-52-61(39-49)76(8,9)64-40-56(72-71(68(52)64)54-22-13-15-24-66(54)79-72)45-26-25-44-19-16-18-43-17-10-11-20-50(43)55(44)37-45/h10-15,17,20-42H,16,18-19H2,1-9H3. The van der Waals surface area contributed by atoms with Gasteiger partial charge in [0.1, 0.15) is 22.3 Å². The lowest BCUT2D eigenvalue weighted by Crippen LogP contribution is -2.18. The molecular formula is C76H63NO2. The van der Waals surface area contributed by atoms with Crippen LogP contribution in [0.25, 0.3) is 99.5 Å². The van der Waals surface area contributed by atoms with Crippen LogP contribution in [-0.2, 0) is 34.5 Å². The maximum absolute atomic E-state index is 7.04. The predicted octanol–water partition coefficient (Wildman–Crippen LogP) is 21.0. The molecule has 0 amide bonds. The van der Waals surface area contributed by atoms with Gasteiger partial charge in [-0.25, -0.2) is 0 Å². The van der Waals surface area contributed by atoms with Crippen molar-refractivity contribution >= 4 is 60.9 Å². The van der Waals surface area contributed by atoms with Crippen molar-refractivity contribution in [2.45, 2.75) is 103 Å². The fraction of sp³-hybridized carbons (Fsp3) is 0.211. The van der Waals surface area contributed by atoms with Gasteiger partial charge >= 0.3 is 0 Å². The molecule has 384 valence electrons. The Kier molecular flexibility index (Phi) is 9.38. The summed E-state index contributed by atoms with van der Waals surface area (Å²) in [5.41, 5.74) is 31.7. The van der Waals surface area contributed by atoms with Crippen LogP contribution in [0.15, 0.2) is 191 Å². The van der Waals surface area contributed by atoms with Crippen LogP contribution >= 0.6 is 0 Å². The zero-order valence-electron chi connectivity index (χ0n) is 46.7. The molecule has 4 aliphatic rings. The second-order valence-electron chi connectivity index (χ2n) is 25.9. The normalized spacial score (nSPS) is 15.8. The molecule has 0 unspecified atom stereocenters. The highest BCUT2D eigenvalue weighted by Crippen LogP contribution is 2.60. The van der Waals surface area contributed by atoms with Crippen molar-refractivity contribution in [1.29, 1.82) is 0 Å². The molecule has 3 nitrogen and oxygen atoms in total. The summed E-state index contributed by atoms with van der Waals surface area (Å²) in [6.45, 7) is 21.4. The molecule has 0 spiro atoms. The molecule has 0 bridgehead atoms. The third kappa shape index (κ3) is 6.42. The Bertz CT molecular complexity index is 4640. The van der Waals surface area contributed by atoms with Gasteiger partial charge in [0.2, 0.25) is 0 Å². The first kappa shape index (κ1) is 46.7. The average Bonchev–Trinajstić information content (AvgIpc) is 3.29. The van der Waals surface area contributed by atoms with Crippen LogP contribution < -0.4 is 4.90 Å². The topological polar surface area (TPSA) is 29.5 Å². The smallest absolute Gasteiger partial charge is 0.143 e. The summed E-state index contributed by atoms with van der Waals surface area (Å²) in [6, 6.07) is 69.3. The zero-order chi connectivity index (χ0) is 53.6. The summed E-state index contributed by atoms with van der Waals surface area (Å²) in [5.74, 6) is 0. The minimum atomic E-state index is -0.329. The number of nitrogens with zero attached hydrogens (tertiary/aromatic N) is 1. The van der Waals surface area contributed by atoms with Crippen molar-refractivity contribution in [3.63, 3.8) is 0 Å². The lowest BCUT2D eigenvalue weighted by molar-refractivity contribution is 0.590. The van der Waals surface area contributed by atoms with E-state index < -0.39 is 0 Å². The van der Waals surface area contributed by atoms with Gasteiger partial charge < -0.3 is 13.7 Å². The first-order chi connectivity index (χ1) is 38.1. The second-order valence-corrected chi connectivity index (χ2v) is 25.9. The lowest BCUT2D eigenvalue weighted by Gasteiger charge is -2.30. The van der Waals surface area contributed by atoms with E-state index in [0.29, 0.717) is 0 Å². The van der Waals surface area contributed by atoms with Gasteiger partial charge in [-0.2, -0.15) is 0 Å². The molecule has 0 saturated carbocycles. The number of furan rings is 2. The minimum Gasteiger partial charge on any atom is -0.456 e. The number of fused-ring (bicyclic) bond motifs is 20. The average molecular weight is 1020 g/mol. The molecule has 12 aromatic rings. The first-order valence-corrected chi connectivity index (χ1v) is 28.6. The minimum absolute atomic E-state index is 0.0201. The van der Waals surface area contributed by atoms with Gasteiger partial charge in [-0.3, -0.25) is 0 Å². The molecule has 79 heavy (non-hydrogen) atoms. The number of anilines is 3. The van der Waals surface area contributed by atoms with Crippen LogP contribution in [0.2, 0.25) is 0 Å². The van der Waals surface area contributed by atoms with E-state index in [2.05, 4.69) is 249 Å². The molecule has 0 atom stereocenters. The molecule has 10 aromatic carbocycles. The number of aryl methyl sites for hydroxylation is 2.